The topological polar surface area (TPSA) is 54.5 Å². The average Bonchev–Trinajstić information content (AvgIpc) is 2.98. The van der Waals surface area contributed by atoms with Gasteiger partial charge in [-0.05, 0) is 39.8 Å². The summed E-state index contributed by atoms with van der Waals surface area (Å²) in [4.78, 5) is 18.9. The Labute approximate surface area is 118 Å². The molecule has 5 nitrogen and oxygen atoms in total. The lowest BCUT2D eigenvalue weighted by atomic mass is 10.3. The fourth-order valence-electron chi connectivity index (χ4n) is 2.35. The Bertz CT molecular complexity index is 441. The van der Waals surface area contributed by atoms with Gasteiger partial charge in [0, 0.05) is 12.6 Å². The third kappa shape index (κ3) is 3.67. The predicted molar refractivity (Wildman–Crippen MR) is 76.9 cm³/mol. The molecule has 0 spiro atoms. The summed E-state index contributed by atoms with van der Waals surface area (Å²) in [6.45, 7) is 7.38. The van der Waals surface area contributed by atoms with Crippen molar-refractivity contribution in [3.8, 4) is 0 Å². The van der Waals surface area contributed by atoms with Crippen LogP contribution in [-0.4, -0.2) is 48.6 Å². The lowest BCUT2D eigenvalue weighted by Gasteiger charge is -2.20. The van der Waals surface area contributed by atoms with Gasteiger partial charge >= 0.3 is 5.97 Å². The van der Waals surface area contributed by atoms with Gasteiger partial charge in [0.1, 0.15) is 4.88 Å². The average molecular weight is 283 g/mol. The maximum atomic E-state index is 11.5. The first-order chi connectivity index (χ1) is 9.10. The van der Waals surface area contributed by atoms with Crippen molar-refractivity contribution in [3.63, 3.8) is 0 Å². The molecule has 106 valence electrons. The molecule has 1 aliphatic heterocycles. The number of anilines is 1. The van der Waals surface area contributed by atoms with Crippen molar-refractivity contribution in [1.29, 1.82) is 0 Å². The molecule has 0 aliphatic carbocycles. The highest BCUT2D eigenvalue weighted by molar-refractivity contribution is 7.17. The Kier molecular flexibility index (Phi) is 4.76. The van der Waals surface area contributed by atoms with E-state index in [2.05, 4.69) is 22.1 Å². The molecule has 2 heterocycles. The van der Waals surface area contributed by atoms with E-state index in [0.29, 0.717) is 10.9 Å². The fourth-order valence-corrected chi connectivity index (χ4v) is 3.35. The molecule has 1 fully saturated rings. The summed E-state index contributed by atoms with van der Waals surface area (Å²) < 4.78 is 4.74. The van der Waals surface area contributed by atoms with Crippen molar-refractivity contribution < 1.29 is 9.53 Å². The van der Waals surface area contributed by atoms with Crippen LogP contribution in [0.5, 0.6) is 0 Å². The van der Waals surface area contributed by atoms with Crippen LogP contribution in [0, 0.1) is 6.92 Å². The van der Waals surface area contributed by atoms with Gasteiger partial charge in [-0.2, -0.15) is 0 Å². The number of nitrogens with one attached hydrogen (secondary N) is 1. The molecule has 1 saturated heterocycles. The van der Waals surface area contributed by atoms with E-state index in [1.807, 2.05) is 6.92 Å². The Balaban J connectivity index is 1.93. The van der Waals surface area contributed by atoms with E-state index in [0.717, 1.165) is 17.4 Å². The van der Waals surface area contributed by atoms with E-state index in [4.69, 9.17) is 4.74 Å². The van der Waals surface area contributed by atoms with Gasteiger partial charge < -0.3 is 15.0 Å². The maximum Gasteiger partial charge on any atom is 0.350 e. The minimum Gasteiger partial charge on any atom is -0.465 e. The number of methoxy groups -OCH3 is 1. The van der Waals surface area contributed by atoms with Gasteiger partial charge in [0.2, 0.25) is 0 Å². The number of hydrogen-bond donors (Lipinski definition) is 1. The Hall–Kier alpha value is -1.14. The summed E-state index contributed by atoms with van der Waals surface area (Å²) in [6.07, 6.45) is 2.60. The molecule has 1 aromatic rings. The molecule has 0 aromatic carbocycles. The van der Waals surface area contributed by atoms with E-state index < -0.39 is 0 Å². The number of nitrogens with zero attached hydrogens (tertiary/aromatic N) is 2. The monoisotopic (exact) mass is 283 g/mol. The number of carbonyl (C=O) groups is 1. The van der Waals surface area contributed by atoms with Crippen molar-refractivity contribution in [2.24, 2.45) is 0 Å². The van der Waals surface area contributed by atoms with E-state index in [1.165, 1.54) is 44.4 Å². The standard InChI is InChI=1S/C13H21N3O2S/c1-9(8-16-6-4-5-7-16)14-13-15-10(2)11(19-13)12(17)18-3/h9H,4-8H2,1-3H3,(H,14,15). The Morgan fingerprint density at radius 2 is 2.21 bits per heavy atom. The van der Waals surface area contributed by atoms with Crippen LogP contribution in [0.1, 0.15) is 35.1 Å². The van der Waals surface area contributed by atoms with Crippen molar-refractivity contribution in [1.82, 2.24) is 9.88 Å². The number of rotatable bonds is 5. The number of ether oxygens (including phenoxy) is 1. The lowest BCUT2D eigenvalue weighted by Crippen LogP contribution is -2.32. The molecule has 6 heteroatoms. The van der Waals surface area contributed by atoms with Gasteiger partial charge in [-0.1, -0.05) is 11.3 Å². The molecule has 19 heavy (non-hydrogen) atoms. The minimum atomic E-state index is -0.310. The molecule has 1 aromatic heterocycles. The molecule has 1 aliphatic rings. The van der Waals surface area contributed by atoms with Crippen LogP contribution in [0.3, 0.4) is 0 Å². The fraction of sp³-hybridized carbons (Fsp3) is 0.692. The van der Waals surface area contributed by atoms with Crippen molar-refractivity contribution in [2.75, 3.05) is 32.1 Å². The van der Waals surface area contributed by atoms with E-state index in [1.54, 1.807) is 0 Å². The van der Waals surface area contributed by atoms with Gasteiger partial charge in [0.15, 0.2) is 5.13 Å². The van der Waals surface area contributed by atoms with Crippen molar-refractivity contribution in [3.05, 3.63) is 10.6 Å². The number of aromatic nitrogens is 1. The molecular formula is C13H21N3O2S. The van der Waals surface area contributed by atoms with Crippen LogP contribution >= 0.6 is 11.3 Å². The number of esters is 1. The molecule has 0 bridgehead atoms. The highest BCUT2D eigenvalue weighted by atomic mass is 32.1. The van der Waals surface area contributed by atoms with E-state index >= 15 is 0 Å². The molecule has 0 radical (unpaired) electrons. The second-order valence-electron chi connectivity index (χ2n) is 4.98. The van der Waals surface area contributed by atoms with Crippen LogP contribution in [0.25, 0.3) is 0 Å². The van der Waals surface area contributed by atoms with Crippen molar-refractivity contribution >= 4 is 22.4 Å². The van der Waals surface area contributed by atoms with Crippen LogP contribution in [0.2, 0.25) is 0 Å². The maximum absolute atomic E-state index is 11.5. The van der Waals surface area contributed by atoms with Gasteiger partial charge in [0.05, 0.1) is 12.8 Å². The van der Waals surface area contributed by atoms with Crippen LogP contribution in [0.4, 0.5) is 5.13 Å². The molecule has 0 saturated carbocycles. The first-order valence-electron chi connectivity index (χ1n) is 6.64. The summed E-state index contributed by atoms with van der Waals surface area (Å²) in [6, 6.07) is 0.328. The van der Waals surface area contributed by atoms with Gasteiger partial charge in [-0.25, -0.2) is 9.78 Å². The zero-order valence-corrected chi connectivity index (χ0v) is 12.5. The number of carbonyl (C=O) groups excluding carboxylic acids is 1. The van der Waals surface area contributed by atoms with Crippen LogP contribution in [0.15, 0.2) is 0 Å². The van der Waals surface area contributed by atoms with Gasteiger partial charge in [-0.15, -0.1) is 0 Å². The zero-order chi connectivity index (χ0) is 13.8. The molecule has 1 unspecified atom stereocenters. The number of hydrogen-bond acceptors (Lipinski definition) is 6. The normalized spacial score (nSPS) is 17.4. The third-order valence-electron chi connectivity index (χ3n) is 3.27. The van der Waals surface area contributed by atoms with Crippen LogP contribution in [-0.2, 0) is 4.74 Å². The molecule has 0 amide bonds. The molecule has 2 rings (SSSR count). The lowest BCUT2D eigenvalue weighted by molar-refractivity contribution is 0.0605. The molecule has 1 N–H and O–H groups in total. The Morgan fingerprint density at radius 1 is 1.53 bits per heavy atom. The minimum absolute atomic E-state index is 0.310. The quantitative estimate of drug-likeness (QED) is 0.839. The largest absolute Gasteiger partial charge is 0.465 e. The zero-order valence-electron chi connectivity index (χ0n) is 11.7. The molecular weight excluding hydrogens is 262 g/mol. The SMILES string of the molecule is COC(=O)c1sc(NC(C)CN2CCCC2)nc1C. The summed E-state index contributed by atoms with van der Waals surface area (Å²) in [5, 5.41) is 4.16. The van der Waals surface area contributed by atoms with E-state index in [9.17, 15) is 4.79 Å². The highest BCUT2D eigenvalue weighted by Crippen LogP contribution is 2.24. The highest BCUT2D eigenvalue weighted by Gasteiger charge is 2.18. The summed E-state index contributed by atoms with van der Waals surface area (Å²) in [5.74, 6) is -0.310. The Morgan fingerprint density at radius 3 is 2.84 bits per heavy atom. The summed E-state index contributed by atoms with van der Waals surface area (Å²) in [5.41, 5.74) is 0.729. The first kappa shape index (κ1) is 14.3. The smallest absolute Gasteiger partial charge is 0.350 e. The number of likely N-dealkylation sites (tertiary alicyclic amines) is 1. The number of thiazole rings is 1. The van der Waals surface area contributed by atoms with Gasteiger partial charge in [0.25, 0.3) is 0 Å². The predicted octanol–water partition coefficient (Wildman–Crippen LogP) is 2.13. The first-order valence-corrected chi connectivity index (χ1v) is 7.46. The molecule has 1 atom stereocenters. The van der Waals surface area contributed by atoms with E-state index in [-0.39, 0.29) is 5.97 Å². The summed E-state index contributed by atoms with van der Waals surface area (Å²) in [7, 11) is 1.39. The van der Waals surface area contributed by atoms with Crippen LogP contribution < -0.4 is 5.32 Å². The summed E-state index contributed by atoms with van der Waals surface area (Å²) >= 11 is 1.36. The number of aryl methyl sites for hydroxylation is 1. The van der Waals surface area contributed by atoms with Gasteiger partial charge in [-0.3, -0.25) is 0 Å². The van der Waals surface area contributed by atoms with Crippen molar-refractivity contribution in [2.45, 2.75) is 32.7 Å². The second-order valence-corrected chi connectivity index (χ2v) is 5.98. The second kappa shape index (κ2) is 6.34. The third-order valence-corrected chi connectivity index (χ3v) is 4.34.